The monoisotopic (exact) mass is 282 g/mol. The van der Waals surface area contributed by atoms with Crippen molar-refractivity contribution in [3.63, 3.8) is 0 Å². The molecular formula is C15H26N2O3. The molecule has 2 rings (SSSR count). The van der Waals surface area contributed by atoms with Gasteiger partial charge in [-0.1, -0.05) is 13.8 Å². The van der Waals surface area contributed by atoms with Gasteiger partial charge in [-0.15, -0.1) is 0 Å². The van der Waals surface area contributed by atoms with Gasteiger partial charge >= 0.3 is 5.97 Å². The van der Waals surface area contributed by atoms with Gasteiger partial charge < -0.3 is 10.4 Å². The lowest BCUT2D eigenvalue weighted by Gasteiger charge is -2.41. The second-order valence-electron chi connectivity index (χ2n) is 6.56. The van der Waals surface area contributed by atoms with Crippen molar-refractivity contribution in [2.24, 2.45) is 17.8 Å². The van der Waals surface area contributed by atoms with Crippen molar-refractivity contribution in [3.05, 3.63) is 0 Å². The number of piperidine rings is 1. The molecule has 1 unspecified atom stereocenters. The highest BCUT2D eigenvalue weighted by Crippen LogP contribution is 2.30. The van der Waals surface area contributed by atoms with Crippen LogP contribution in [0.25, 0.3) is 0 Å². The van der Waals surface area contributed by atoms with Gasteiger partial charge in [-0.05, 0) is 44.8 Å². The Bertz CT molecular complexity index is 366. The second kappa shape index (κ2) is 6.68. The van der Waals surface area contributed by atoms with Crippen LogP contribution in [0.5, 0.6) is 0 Å². The largest absolute Gasteiger partial charge is 0.480 e. The van der Waals surface area contributed by atoms with Crippen molar-refractivity contribution < 1.29 is 14.7 Å². The molecule has 0 amide bonds. The first-order valence-electron chi connectivity index (χ1n) is 7.67. The van der Waals surface area contributed by atoms with E-state index in [0.29, 0.717) is 11.7 Å². The Hall–Kier alpha value is -0.940. The third-order valence-corrected chi connectivity index (χ3v) is 4.62. The number of carboxylic acids is 1. The number of ketones is 1. The smallest absolute Gasteiger partial charge is 0.317 e. The van der Waals surface area contributed by atoms with E-state index >= 15 is 0 Å². The molecule has 5 heteroatoms. The van der Waals surface area contributed by atoms with Crippen molar-refractivity contribution in [2.75, 3.05) is 26.2 Å². The van der Waals surface area contributed by atoms with E-state index in [4.69, 9.17) is 5.11 Å². The van der Waals surface area contributed by atoms with Crippen LogP contribution in [0.4, 0.5) is 0 Å². The van der Waals surface area contributed by atoms with E-state index in [0.717, 1.165) is 38.9 Å². The number of aliphatic carboxylic acids is 1. The van der Waals surface area contributed by atoms with Crippen LogP contribution in [0, 0.1) is 17.8 Å². The summed E-state index contributed by atoms with van der Waals surface area (Å²) in [5.41, 5.74) is 0. The summed E-state index contributed by atoms with van der Waals surface area (Å²) in [4.78, 5) is 25.2. The first kappa shape index (κ1) is 15.4. The molecule has 2 saturated heterocycles. The maximum atomic E-state index is 12.2. The second-order valence-corrected chi connectivity index (χ2v) is 6.56. The normalized spacial score (nSPS) is 28.4. The number of hydrogen-bond acceptors (Lipinski definition) is 4. The molecule has 2 aliphatic heterocycles. The molecule has 0 saturated carbocycles. The highest BCUT2D eigenvalue weighted by Gasteiger charge is 2.35. The Morgan fingerprint density at radius 1 is 1.35 bits per heavy atom. The number of rotatable bonds is 6. The third-order valence-electron chi connectivity index (χ3n) is 4.62. The van der Waals surface area contributed by atoms with Crippen LogP contribution in [0.1, 0.15) is 33.1 Å². The van der Waals surface area contributed by atoms with Crippen LogP contribution < -0.4 is 5.32 Å². The van der Waals surface area contributed by atoms with E-state index in [1.54, 1.807) is 0 Å². The molecule has 2 atom stereocenters. The number of carboxylic acid groups (broad SMARTS) is 1. The maximum absolute atomic E-state index is 12.2. The maximum Gasteiger partial charge on any atom is 0.317 e. The molecule has 0 aromatic rings. The van der Waals surface area contributed by atoms with Crippen molar-refractivity contribution in [2.45, 2.75) is 39.2 Å². The van der Waals surface area contributed by atoms with Crippen LogP contribution in [0.15, 0.2) is 0 Å². The third kappa shape index (κ3) is 3.79. The summed E-state index contributed by atoms with van der Waals surface area (Å²) in [6.45, 7) is 6.81. The molecule has 0 spiro atoms. The average Bonchev–Trinajstić information content (AvgIpc) is 2.33. The van der Waals surface area contributed by atoms with Crippen LogP contribution in [0.2, 0.25) is 0 Å². The number of hydrogen-bond donors (Lipinski definition) is 2. The van der Waals surface area contributed by atoms with Gasteiger partial charge in [0, 0.05) is 17.9 Å². The molecule has 114 valence electrons. The molecule has 0 aromatic carbocycles. The Balaban J connectivity index is 1.97. The average molecular weight is 282 g/mol. The van der Waals surface area contributed by atoms with Crippen LogP contribution >= 0.6 is 0 Å². The summed E-state index contributed by atoms with van der Waals surface area (Å²) in [7, 11) is 0. The van der Waals surface area contributed by atoms with Crippen LogP contribution in [-0.2, 0) is 9.59 Å². The first-order valence-corrected chi connectivity index (χ1v) is 7.67. The van der Waals surface area contributed by atoms with Gasteiger partial charge in [0.05, 0.1) is 6.54 Å². The van der Waals surface area contributed by atoms with Gasteiger partial charge in [-0.3, -0.25) is 14.5 Å². The Kier molecular flexibility index (Phi) is 5.16. The number of carbonyl (C=O) groups is 2. The zero-order valence-electron chi connectivity index (χ0n) is 12.5. The van der Waals surface area contributed by atoms with Crippen molar-refractivity contribution in [1.82, 2.24) is 10.2 Å². The lowest BCUT2D eigenvalue weighted by atomic mass is 9.80. The Morgan fingerprint density at radius 3 is 2.55 bits per heavy atom. The molecule has 2 fully saturated rings. The number of nitrogens with one attached hydrogen (secondary N) is 1. The van der Waals surface area contributed by atoms with E-state index in [2.05, 4.69) is 10.2 Å². The molecule has 2 heterocycles. The lowest BCUT2D eigenvalue weighted by molar-refractivity contribution is -0.140. The fraction of sp³-hybridized carbons (Fsp3) is 0.867. The zero-order chi connectivity index (χ0) is 14.7. The van der Waals surface area contributed by atoms with Gasteiger partial charge in [0.15, 0.2) is 0 Å². The number of Topliss-reactive ketones (excluding diaryl/α,β-unsaturated/α-hetero) is 1. The molecule has 2 aliphatic rings. The predicted molar refractivity (Wildman–Crippen MR) is 76.5 cm³/mol. The lowest BCUT2D eigenvalue weighted by Crippen LogP contribution is -2.51. The highest BCUT2D eigenvalue weighted by molar-refractivity contribution is 5.83. The molecule has 0 radical (unpaired) electrons. The van der Waals surface area contributed by atoms with Gasteiger partial charge in [0.25, 0.3) is 0 Å². The van der Waals surface area contributed by atoms with Crippen molar-refractivity contribution >= 4 is 11.8 Å². The standard InChI is InChI=1S/C15H26N2O3/c1-10(2)15(20)12-3-4-17(9-14(18)19)13(6-12)5-11-7-16-8-11/h10-13,16H,3-9H2,1-2H3,(H,18,19)/t12?,13-/m0/s1. The molecule has 0 aliphatic carbocycles. The van der Waals surface area contributed by atoms with Gasteiger partial charge in [0.2, 0.25) is 0 Å². The molecule has 0 aromatic heterocycles. The fourth-order valence-corrected chi connectivity index (χ4v) is 3.36. The zero-order valence-corrected chi connectivity index (χ0v) is 12.5. The minimum Gasteiger partial charge on any atom is -0.480 e. The molecule has 5 nitrogen and oxygen atoms in total. The van der Waals surface area contributed by atoms with Gasteiger partial charge in [-0.25, -0.2) is 0 Å². The highest BCUT2D eigenvalue weighted by atomic mass is 16.4. The molecule has 2 N–H and O–H groups in total. The number of carbonyl (C=O) groups excluding carboxylic acids is 1. The van der Waals surface area contributed by atoms with Gasteiger partial charge in [-0.2, -0.15) is 0 Å². The van der Waals surface area contributed by atoms with E-state index in [9.17, 15) is 9.59 Å². The quantitative estimate of drug-likeness (QED) is 0.760. The van der Waals surface area contributed by atoms with E-state index in [1.165, 1.54) is 0 Å². The SMILES string of the molecule is CC(C)C(=O)C1CCN(CC(=O)O)[C@@H](CC2CNC2)C1. The molecule has 0 bridgehead atoms. The Labute approximate surface area is 120 Å². The minimum atomic E-state index is -0.768. The van der Waals surface area contributed by atoms with E-state index in [1.807, 2.05) is 13.8 Å². The summed E-state index contributed by atoms with van der Waals surface area (Å²) in [6.07, 6.45) is 2.66. The van der Waals surface area contributed by atoms with Crippen molar-refractivity contribution in [3.8, 4) is 0 Å². The van der Waals surface area contributed by atoms with Crippen molar-refractivity contribution in [1.29, 1.82) is 0 Å². The summed E-state index contributed by atoms with van der Waals surface area (Å²) >= 11 is 0. The topological polar surface area (TPSA) is 69.6 Å². The number of nitrogens with zero attached hydrogens (tertiary/aromatic N) is 1. The van der Waals surface area contributed by atoms with Gasteiger partial charge in [0.1, 0.15) is 5.78 Å². The summed E-state index contributed by atoms with van der Waals surface area (Å²) in [5, 5.41) is 12.3. The van der Waals surface area contributed by atoms with Crippen LogP contribution in [0.3, 0.4) is 0 Å². The summed E-state index contributed by atoms with van der Waals surface area (Å²) < 4.78 is 0. The van der Waals surface area contributed by atoms with E-state index < -0.39 is 5.97 Å². The first-order chi connectivity index (χ1) is 9.47. The minimum absolute atomic E-state index is 0.0806. The van der Waals surface area contributed by atoms with E-state index in [-0.39, 0.29) is 24.4 Å². The number of likely N-dealkylation sites (tertiary alicyclic amines) is 1. The predicted octanol–water partition coefficient (Wildman–Crippen LogP) is 0.986. The molecule has 20 heavy (non-hydrogen) atoms. The Morgan fingerprint density at radius 2 is 2.05 bits per heavy atom. The van der Waals surface area contributed by atoms with Crippen LogP contribution in [-0.4, -0.2) is 54.0 Å². The fourth-order valence-electron chi connectivity index (χ4n) is 3.36. The summed E-state index contributed by atoms with van der Waals surface area (Å²) in [6, 6.07) is 0.250. The summed E-state index contributed by atoms with van der Waals surface area (Å²) in [5.74, 6) is 0.423. The molecular weight excluding hydrogens is 256 g/mol.